The Morgan fingerprint density at radius 1 is 1.30 bits per heavy atom. The molecule has 142 valence electrons. The number of amides is 1. The van der Waals surface area contributed by atoms with Crippen LogP contribution in [0.3, 0.4) is 0 Å². The summed E-state index contributed by atoms with van der Waals surface area (Å²) in [5.74, 6) is -0.346. The lowest BCUT2D eigenvalue weighted by Crippen LogP contribution is -2.41. The number of hydrogen-bond donors (Lipinski definition) is 1. The van der Waals surface area contributed by atoms with Gasteiger partial charge in [-0.1, -0.05) is 15.9 Å². The third-order valence-corrected chi connectivity index (χ3v) is 6.94. The molecule has 3 aromatic rings. The van der Waals surface area contributed by atoms with Crippen LogP contribution in [0.1, 0.15) is 5.82 Å². The van der Waals surface area contributed by atoms with Crippen molar-refractivity contribution in [1.29, 1.82) is 0 Å². The van der Waals surface area contributed by atoms with Gasteiger partial charge in [0.1, 0.15) is 10.7 Å². The van der Waals surface area contributed by atoms with Gasteiger partial charge in [0.05, 0.1) is 16.8 Å². The second-order valence-corrected chi connectivity index (χ2v) is 9.54. The fourth-order valence-electron chi connectivity index (χ4n) is 2.38. The topological polar surface area (TPSA) is 101 Å². The van der Waals surface area contributed by atoms with Crippen molar-refractivity contribution in [1.82, 2.24) is 14.0 Å². The highest BCUT2D eigenvalue weighted by atomic mass is 79.9. The second kappa shape index (κ2) is 7.50. The van der Waals surface area contributed by atoms with Crippen molar-refractivity contribution in [2.75, 3.05) is 19.0 Å². The molecule has 0 aliphatic rings. The van der Waals surface area contributed by atoms with Crippen LogP contribution in [-0.2, 0) is 14.8 Å². The van der Waals surface area contributed by atoms with Gasteiger partial charge >= 0.3 is 0 Å². The number of nitrogens with one attached hydrogen (secondary N) is 1. The number of carbonyl (C=O) groups is 1. The van der Waals surface area contributed by atoms with Crippen molar-refractivity contribution in [2.45, 2.75) is 11.8 Å². The average molecular weight is 471 g/mol. The molecule has 1 amide bonds. The van der Waals surface area contributed by atoms with E-state index >= 15 is 0 Å². The van der Waals surface area contributed by atoms with Crippen molar-refractivity contribution < 1.29 is 13.2 Å². The maximum Gasteiger partial charge on any atom is 0.281 e. The summed E-state index contributed by atoms with van der Waals surface area (Å²) in [6, 6.07) is 7.71. The van der Waals surface area contributed by atoms with Crippen molar-refractivity contribution in [3.8, 4) is 0 Å². The zero-order valence-corrected chi connectivity index (χ0v) is 17.6. The number of hydrogen-bond acceptors (Lipinski definition) is 6. The molecule has 0 saturated carbocycles. The van der Waals surface area contributed by atoms with Gasteiger partial charge in [0.25, 0.3) is 11.5 Å². The first kappa shape index (κ1) is 19.7. The van der Waals surface area contributed by atoms with E-state index in [1.807, 2.05) is 0 Å². The summed E-state index contributed by atoms with van der Waals surface area (Å²) in [6.07, 6.45) is 0. The Morgan fingerprint density at radius 3 is 2.63 bits per heavy atom. The first-order valence-corrected chi connectivity index (χ1v) is 10.8. The predicted octanol–water partition coefficient (Wildman–Crippen LogP) is 1.92. The van der Waals surface area contributed by atoms with Crippen LogP contribution in [0, 0.1) is 6.92 Å². The molecule has 1 aromatic carbocycles. The Hall–Kier alpha value is -2.08. The molecular weight excluding hydrogens is 456 g/mol. The van der Waals surface area contributed by atoms with E-state index in [0.717, 1.165) is 13.5 Å². The Balaban J connectivity index is 1.79. The molecule has 27 heavy (non-hydrogen) atoms. The minimum atomic E-state index is -3.84. The highest BCUT2D eigenvalue weighted by Gasteiger charge is 2.23. The van der Waals surface area contributed by atoms with Gasteiger partial charge in [-0.3, -0.25) is 15.0 Å². The molecule has 0 atom stereocenters. The van der Waals surface area contributed by atoms with Crippen LogP contribution < -0.4 is 11.0 Å². The lowest BCUT2D eigenvalue weighted by atomic mass is 10.4. The third kappa shape index (κ3) is 3.95. The van der Waals surface area contributed by atoms with E-state index in [1.165, 1.54) is 30.5 Å². The Bertz CT molecular complexity index is 1170. The van der Waals surface area contributed by atoms with Crippen LogP contribution in [0.2, 0.25) is 0 Å². The number of likely N-dealkylation sites (N-methyl/N-ethyl adjacent to an activating group) is 1. The van der Waals surface area contributed by atoms with Crippen LogP contribution in [-0.4, -0.2) is 41.9 Å². The smallest absolute Gasteiger partial charge is 0.272 e. The largest absolute Gasteiger partial charge is 0.281 e. The summed E-state index contributed by atoms with van der Waals surface area (Å²) in [7, 11) is -2.54. The van der Waals surface area contributed by atoms with Crippen LogP contribution in [0.25, 0.3) is 10.2 Å². The van der Waals surface area contributed by atoms with Gasteiger partial charge in [-0.25, -0.2) is 18.1 Å². The molecule has 0 aliphatic heterocycles. The van der Waals surface area contributed by atoms with Crippen LogP contribution >= 0.6 is 27.3 Å². The predicted molar refractivity (Wildman–Crippen MR) is 107 cm³/mol. The molecule has 2 heterocycles. The minimum Gasteiger partial charge on any atom is -0.272 e. The van der Waals surface area contributed by atoms with E-state index in [9.17, 15) is 18.0 Å². The first-order chi connectivity index (χ1) is 12.7. The van der Waals surface area contributed by atoms with Gasteiger partial charge in [-0.15, -0.1) is 11.3 Å². The summed E-state index contributed by atoms with van der Waals surface area (Å²) >= 11 is 4.57. The van der Waals surface area contributed by atoms with E-state index < -0.39 is 28.0 Å². The Morgan fingerprint density at radius 2 is 1.96 bits per heavy atom. The molecule has 11 heteroatoms. The van der Waals surface area contributed by atoms with E-state index in [1.54, 1.807) is 30.5 Å². The zero-order valence-electron chi connectivity index (χ0n) is 14.3. The molecule has 8 nitrogen and oxygen atoms in total. The van der Waals surface area contributed by atoms with Gasteiger partial charge in [0, 0.05) is 11.5 Å². The first-order valence-electron chi connectivity index (χ1n) is 7.69. The fraction of sp³-hybridized carbons (Fsp3) is 0.188. The Labute approximate surface area is 167 Å². The SMILES string of the molecule is Cc1nc2sccc2c(=O)n1NC(=O)CN(C)S(=O)(=O)c1ccc(Br)cc1. The summed E-state index contributed by atoms with van der Waals surface area (Å²) in [5.41, 5.74) is 2.01. The molecule has 0 unspecified atom stereocenters. The lowest BCUT2D eigenvalue weighted by Gasteiger charge is -2.18. The molecule has 0 saturated heterocycles. The van der Waals surface area contributed by atoms with Crippen molar-refractivity contribution in [3.63, 3.8) is 0 Å². The van der Waals surface area contributed by atoms with Gasteiger partial charge < -0.3 is 0 Å². The van der Waals surface area contributed by atoms with Gasteiger partial charge in [0.2, 0.25) is 10.0 Å². The van der Waals surface area contributed by atoms with Crippen LogP contribution in [0.4, 0.5) is 0 Å². The van der Waals surface area contributed by atoms with Crippen molar-refractivity contribution >= 4 is 53.4 Å². The summed E-state index contributed by atoms with van der Waals surface area (Å²) in [5, 5.41) is 2.13. The lowest BCUT2D eigenvalue weighted by molar-refractivity contribution is -0.117. The monoisotopic (exact) mass is 470 g/mol. The van der Waals surface area contributed by atoms with Gasteiger partial charge in [-0.05, 0) is 42.6 Å². The second-order valence-electron chi connectivity index (χ2n) is 5.69. The number of carbonyl (C=O) groups excluding carboxylic acids is 1. The number of fused-ring (bicyclic) bond motifs is 1. The van der Waals surface area contributed by atoms with Gasteiger partial charge in [0.15, 0.2) is 0 Å². The number of halogens is 1. The summed E-state index contributed by atoms with van der Waals surface area (Å²) in [6.45, 7) is 1.13. The highest BCUT2D eigenvalue weighted by molar-refractivity contribution is 9.10. The fourth-order valence-corrected chi connectivity index (χ4v) is 4.57. The molecule has 0 fully saturated rings. The average Bonchev–Trinajstić information content (AvgIpc) is 3.07. The van der Waals surface area contributed by atoms with E-state index in [0.29, 0.717) is 16.0 Å². The molecule has 1 N–H and O–H groups in total. The molecule has 0 bridgehead atoms. The van der Waals surface area contributed by atoms with Crippen LogP contribution in [0.5, 0.6) is 0 Å². The minimum absolute atomic E-state index is 0.0655. The summed E-state index contributed by atoms with van der Waals surface area (Å²) in [4.78, 5) is 29.7. The maximum atomic E-state index is 12.6. The van der Waals surface area contributed by atoms with E-state index in [-0.39, 0.29) is 4.90 Å². The number of thiophene rings is 1. The van der Waals surface area contributed by atoms with E-state index in [2.05, 4.69) is 26.3 Å². The molecule has 3 rings (SSSR count). The molecule has 0 aliphatic carbocycles. The number of benzene rings is 1. The normalized spacial score (nSPS) is 11.9. The van der Waals surface area contributed by atoms with Crippen molar-refractivity contribution in [2.24, 2.45) is 0 Å². The molecular formula is C16H15BrN4O4S2. The molecule has 2 aromatic heterocycles. The highest BCUT2D eigenvalue weighted by Crippen LogP contribution is 2.18. The van der Waals surface area contributed by atoms with Crippen LogP contribution in [0.15, 0.2) is 49.9 Å². The number of nitrogens with zero attached hydrogens (tertiary/aromatic N) is 3. The molecule has 0 spiro atoms. The number of rotatable bonds is 5. The number of aryl methyl sites for hydroxylation is 1. The Kier molecular flexibility index (Phi) is 5.47. The van der Waals surface area contributed by atoms with Gasteiger partial charge in [-0.2, -0.15) is 4.31 Å². The zero-order chi connectivity index (χ0) is 19.8. The van der Waals surface area contributed by atoms with E-state index in [4.69, 9.17) is 0 Å². The standard InChI is InChI=1S/C16H15BrN4O4S2/c1-10-18-15-13(7-8-26-15)16(23)21(10)19-14(22)9-20(2)27(24,25)12-5-3-11(17)4-6-12/h3-8H,9H2,1-2H3,(H,19,22). The quantitative estimate of drug-likeness (QED) is 0.613. The number of sulfonamides is 1. The maximum absolute atomic E-state index is 12.6. The third-order valence-electron chi connectivity index (χ3n) is 3.79. The number of aromatic nitrogens is 2. The summed E-state index contributed by atoms with van der Waals surface area (Å²) < 4.78 is 27.8. The van der Waals surface area contributed by atoms with Crippen molar-refractivity contribution in [3.05, 3.63) is 56.4 Å². The molecule has 0 radical (unpaired) electrons.